The van der Waals surface area contributed by atoms with Crippen LogP contribution in [0.25, 0.3) is 0 Å². The maximum atomic E-state index is 11.9. The Kier molecular flexibility index (Phi) is 3.72. The molecule has 0 atom stereocenters. The van der Waals surface area contributed by atoms with Crippen LogP contribution in [0.2, 0.25) is 4.34 Å². The lowest BCUT2D eigenvalue weighted by Crippen LogP contribution is -2.12. The summed E-state index contributed by atoms with van der Waals surface area (Å²) in [7, 11) is -3.61. The summed E-state index contributed by atoms with van der Waals surface area (Å²) in [4.78, 5) is 3.91. The number of nitrogens with zero attached hydrogens (tertiary/aromatic N) is 1. The van der Waals surface area contributed by atoms with Crippen LogP contribution in [0.5, 0.6) is 0 Å². The van der Waals surface area contributed by atoms with E-state index in [4.69, 9.17) is 11.6 Å². The number of anilines is 1. The molecule has 0 amide bonds. The molecule has 0 unspecified atom stereocenters. The van der Waals surface area contributed by atoms with Crippen molar-refractivity contribution >= 4 is 54.7 Å². The Labute approximate surface area is 116 Å². The first-order valence-electron chi connectivity index (χ1n) is 4.37. The minimum atomic E-state index is -3.61. The largest absolute Gasteiger partial charge is 0.272 e. The molecule has 0 radical (unpaired) electrons. The Morgan fingerprint density at radius 1 is 1.35 bits per heavy atom. The molecule has 17 heavy (non-hydrogen) atoms. The van der Waals surface area contributed by atoms with Gasteiger partial charge in [-0.1, -0.05) is 27.5 Å². The van der Waals surface area contributed by atoms with Crippen molar-refractivity contribution in [2.45, 2.75) is 4.21 Å². The molecule has 0 saturated heterocycles. The average molecular weight is 354 g/mol. The predicted octanol–water partition coefficient (Wildman–Crippen LogP) is 3.36. The van der Waals surface area contributed by atoms with Crippen LogP contribution in [0, 0.1) is 0 Å². The minimum Gasteiger partial charge on any atom is -0.263 e. The summed E-state index contributed by atoms with van der Waals surface area (Å²) < 4.78 is 27.5. The zero-order valence-corrected chi connectivity index (χ0v) is 12.2. The van der Waals surface area contributed by atoms with Crippen molar-refractivity contribution in [1.29, 1.82) is 0 Å². The van der Waals surface area contributed by atoms with E-state index < -0.39 is 10.0 Å². The summed E-state index contributed by atoms with van der Waals surface area (Å²) in [5.74, 6) is 0.254. The van der Waals surface area contributed by atoms with Gasteiger partial charge in [-0.25, -0.2) is 13.4 Å². The highest BCUT2D eigenvalue weighted by Crippen LogP contribution is 2.27. The van der Waals surface area contributed by atoms with Gasteiger partial charge in [0.2, 0.25) is 0 Å². The van der Waals surface area contributed by atoms with Crippen LogP contribution in [-0.4, -0.2) is 13.4 Å². The van der Waals surface area contributed by atoms with E-state index in [0.29, 0.717) is 4.34 Å². The van der Waals surface area contributed by atoms with Crippen LogP contribution in [0.4, 0.5) is 5.82 Å². The van der Waals surface area contributed by atoms with Crippen molar-refractivity contribution in [3.05, 3.63) is 39.3 Å². The molecule has 1 N–H and O–H groups in total. The predicted molar refractivity (Wildman–Crippen MR) is 72.1 cm³/mol. The van der Waals surface area contributed by atoms with Crippen molar-refractivity contribution in [2.24, 2.45) is 0 Å². The first-order valence-corrected chi connectivity index (χ1v) is 7.84. The van der Waals surface area contributed by atoms with Crippen LogP contribution in [0.15, 0.2) is 39.1 Å². The van der Waals surface area contributed by atoms with Gasteiger partial charge < -0.3 is 0 Å². The third kappa shape index (κ3) is 3.19. The number of halogens is 2. The molecule has 90 valence electrons. The van der Waals surface area contributed by atoms with Gasteiger partial charge in [0.05, 0.1) is 4.34 Å². The van der Waals surface area contributed by atoms with E-state index in [1.54, 1.807) is 12.1 Å². The molecular formula is C9H6BrClN2O2S2. The second-order valence-corrected chi connectivity index (χ2v) is 7.56. The highest BCUT2D eigenvalue weighted by atomic mass is 79.9. The third-order valence-electron chi connectivity index (χ3n) is 1.77. The molecular weight excluding hydrogens is 348 g/mol. The first kappa shape index (κ1) is 12.8. The van der Waals surface area contributed by atoms with Gasteiger partial charge in [-0.2, -0.15) is 0 Å². The van der Waals surface area contributed by atoms with Crippen molar-refractivity contribution < 1.29 is 8.42 Å². The fourth-order valence-electron chi connectivity index (χ4n) is 1.09. The minimum absolute atomic E-state index is 0.157. The standard InChI is InChI=1S/C9H6BrClN2O2S2/c10-6-3-4-12-8(5-6)13-17(14,15)9-2-1-7(11)16-9/h1-5H,(H,12,13). The highest BCUT2D eigenvalue weighted by Gasteiger charge is 2.17. The molecule has 2 rings (SSSR count). The molecule has 2 heterocycles. The summed E-state index contributed by atoms with van der Waals surface area (Å²) in [5, 5.41) is 0. The van der Waals surface area contributed by atoms with Crippen molar-refractivity contribution in [1.82, 2.24) is 4.98 Å². The second-order valence-electron chi connectivity index (χ2n) is 3.02. The van der Waals surface area contributed by atoms with Crippen LogP contribution >= 0.6 is 38.9 Å². The highest BCUT2D eigenvalue weighted by molar-refractivity contribution is 9.10. The van der Waals surface area contributed by atoms with Crippen LogP contribution in [-0.2, 0) is 10.0 Å². The second kappa shape index (κ2) is 4.93. The Bertz CT molecular complexity index is 642. The molecule has 0 aliphatic rings. The van der Waals surface area contributed by atoms with E-state index in [2.05, 4.69) is 25.6 Å². The topological polar surface area (TPSA) is 59.1 Å². The summed E-state index contributed by atoms with van der Waals surface area (Å²) >= 11 is 9.93. The van der Waals surface area contributed by atoms with Gasteiger partial charge in [0, 0.05) is 10.7 Å². The van der Waals surface area contributed by atoms with Gasteiger partial charge in [-0.3, -0.25) is 4.72 Å². The lowest BCUT2D eigenvalue weighted by Gasteiger charge is -2.04. The molecule has 2 aromatic heterocycles. The van der Waals surface area contributed by atoms with Crippen LogP contribution in [0.1, 0.15) is 0 Å². The fourth-order valence-corrected chi connectivity index (χ4v) is 3.91. The molecule has 0 bridgehead atoms. The maximum absolute atomic E-state index is 11.9. The van der Waals surface area contributed by atoms with E-state index in [9.17, 15) is 8.42 Å². The van der Waals surface area contributed by atoms with Crippen LogP contribution in [0.3, 0.4) is 0 Å². The number of aromatic nitrogens is 1. The van der Waals surface area contributed by atoms with Gasteiger partial charge in [0.15, 0.2) is 0 Å². The number of thiophene rings is 1. The van der Waals surface area contributed by atoms with Crippen LogP contribution < -0.4 is 4.72 Å². The van der Waals surface area contributed by atoms with Gasteiger partial charge >= 0.3 is 0 Å². The lowest BCUT2D eigenvalue weighted by molar-refractivity contribution is 0.603. The SMILES string of the molecule is O=S(=O)(Nc1cc(Br)ccn1)c1ccc(Cl)s1. The third-order valence-corrected chi connectivity index (χ3v) is 5.35. The molecule has 0 aliphatic carbocycles. The molecule has 0 aromatic carbocycles. The quantitative estimate of drug-likeness (QED) is 0.920. The van der Waals surface area contributed by atoms with Gasteiger partial charge in [-0.05, 0) is 24.3 Å². The number of pyridine rings is 1. The summed E-state index contributed by atoms with van der Waals surface area (Å²) in [5.41, 5.74) is 0. The Balaban J connectivity index is 2.29. The number of rotatable bonds is 3. The van der Waals surface area contributed by atoms with E-state index in [0.717, 1.165) is 15.8 Å². The number of hydrogen-bond acceptors (Lipinski definition) is 4. The van der Waals surface area contributed by atoms with E-state index in [-0.39, 0.29) is 10.0 Å². The maximum Gasteiger partial charge on any atom is 0.272 e. The molecule has 0 aliphatic heterocycles. The number of sulfonamides is 1. The first-order chi connectivity index (χ1) is 7.97. The zero-order chi connectivity index (χ0) is 12.5. The summed E-state index contributed by atoms with van der Waals surface area (Å²) in [6.07, 6.45) is 1.50. The normalized spacial score (nSPS) is 11.4. The van der Waals surface area contributed by atoms with Gasteiger partial charge in [0.1, 0.15) is 10.0 Å². The molecule has 4 nitrogen and oxygen atoms in total. The zero-order valence-electron chi connectivity index (χ0n) is 8.22. The number of hydrogen-bond donors (Lipinski definition) is 1. The molecule has 0 saturated carbocycles. The Morgan fingerprint density at radius 3 is 2.71 bits per heavy atom. The monoisotopic (exact) mass is 352 g/mol. The Hall–Kier alpha value is -0.630. The van der Waals surface area contributed by atoms with Crippen molar-refractivity contribution in [3.63, 3.8) is 0 Å². The van der Waals surface area contributed by atoms with Crippen molar-refractivity contribution in [3.8, 4) is 0 Å². The molecule has 8 heteroatoms. The van der Waals surface area contributed by atoms with E-state index in [1.807, 2.05) is 0 Å². The van der Waals surface area contributed by atoms with E-state index in [1.165, 1.54) is 18.3 Å². The molecule has 0 spiro atoms. The average Bonchev–Trinajstić information content (AvgIpc) is 2.65. The lowest BCUT2D eigenvalue weighted by atomic mass is 10.5. The number of nitrogens with one attached hydrogen (secondary N) is 1. The summed E-state index contributed by atoms with van der Waals surface area (Å²) in [6, 6.07) is 6.27. The van der Waals surface area contributed by atoms with Crippen molar-refractivity contribution in [2.75, 3.05) is 4.72 Å². The van der Waals surface area contributed by atoms with Gasteiger partial charge in [-0.15, -0.1) is 11.3 Å². The molecule has 2 aromatic rings. The summed E-state index contributed by atoms with van der Waals surface area (Å²) in [6.45, 7) is 0. The smallest absolute Gasteiger partial charge is 0.263 e. The molecule has 0 fully saturated rings. The fraction of sp³-hybridized carbons (Fsp3) is 0. The van der Waals surface area contributed by atoms with Gasteiger partial charge in [0.25, 0.3) is 10.0 Å². The Morgan fingerprint density at radius 2 is 2.12 bits per heavy atom. The van der Waals surface area contributed by atoms with E-state index >= 15 is 0 Å².